The van der Waals surface area contributed by atoms with Crippen molar-refractivity contribution in [2.75, 3.05) is 43.6 Å². The summed E-state index contributed by atoms with van der Waals surface area (Å²) in [6, 6.07) is 11.8. The number of ether oxygens (including phenoxy) is 2. The molecule has 6 nitrogen and oxygen atoms in total. The van der Waals surface area contributed by atoms with Gasteiger partial charge in [-0.15, -0.1) is 0 Å². The van der Waals surface area contributed by atoms with Crippen molar-refractivity contribution in [2.45, 2.75) is 12.3 Å². The summed E-state index contributed by atoms with van der Waals surface area (Å²) in [5.41, 5.74) is 1.93. The zero-order valence-corrected chi connectivity index (χ0v) is 14.9. The third kappa shape index (κ3) is 3.65. The molecule has 2 atom stereocenters. The van der Waals surface area contributed by atoms with E-state index in [2.05, 4.69) is 15.2 Å². The van der Waals surface area contributed by atoms with Crippen molar-refractivity contribution >= 4 is 17.4 Å². The van der Waals surface area contributed by atoms with Gasteiger partial charge in [0.2, 0.25) is 5.91 Å². The van der Waals surface area contributed by atoms with Crippen LogP contribution in [0.2, 0.25) is 0 Å². The fourth-order valence-electron chi connectivity index (χ4n) is 3.38. The zero-order chi connectivity index (χ0) is 17.9. The van der Waals surface area contributed by atoms with Gasteiger partial charge < -0.3 is 19.7 Å². The monoisotopic (exact) mass is 353 g/mol. The number of rotatable bonds is 5. The standard InChI is InChI=1S/C20H23N3O3/c1-25-16-5-2-14(3-6-16)17-12-18(17)20(24)22-15-4-7-19(21-13-15)23-8-10-26-11-9-23/h2-7,13,17-18H,8-12H2,1H3,(H,22,24). The van der Waals surface area contributed by atoms with Crippen molar-refractivity contribution in [1.29, 1.82) is 0 Å². The second-order valence-corrected chi connectivity index (χ2v) is 6.72. The summed E-state index contributed by atoms with van der Waals surface area (Å²) in [4.78, 5) is 19.1. The first kappa shape index (κ1) is 16.8. The average molecular weight is 353 g/mol. The third-order valence-corrected chi connectivity index (χ3v) is 5.02. The minimum atomic E-state index is 0.0299. The van der Waals surface area contributed by atoms with Crippen molar-refractivity contribution in [3.8, 4) is 5.75 Å². The number of carbonyl (C=O) groups is 1. The summed E-state index contributed by atoms with van der Waals surface area (Å²) in [6.07, 6.45) is 2.62. The molecule has 1 saturated heterocycles. The van der Waals surface area contributed by atoms with Gasteiger partial charge in [-0.25, -0.2) is 4.98 Å². The van der Waals surface area contributed by atoms with Gasteiger partial charge in [-0.05, 0) is 42.2 Å². The van der Waals surface area contributed by atoms with E-state index in [9.17, 15) is 4.79 Å². The lowest BCUT2D eigenvalue weighted by Crippen LogP contribution is -2.36. The molecule has 1 aliphatic carbocycles. The molecule has 1 amide bonds. The molecule has 26 heavy (non-hydrogen) atoms. The van der Waals surface area contributed by atoms with E-state index >= 15 is 0 Å². The van der Waals surface area contributed by atoms with Crippen LogP contribution in [0.5, 0.6) is 5.75 Å². The number of hydrogen-bond acceptors (Lipinski definition) is 5. The minimum absolute atomic E-state index is 0.0299. The van der Waals surface area contributed by atoms with Crippen molar-refractivity contribution in [2.24, 2.45) is 5.92 Å². The summed E-state index contributed by atoms with van der Waals surface area (Å²) in [6.45, 7) is 3.16. The molecule has 0 radical (unpaired) electrons. The van der Waals surface area contributed by atoms with E-state index < -0.39 is 0 Å². The Bertz CT molecular complexity index is 755. The first-order valence-electron chi connectivity index (χ1n) is 8.98. The van der Waals surface area contributed by atoms with Crippen molar-refractivity contribution in [1.82, 2.24) is 4.98 Å². The highest BCUT2D eigenvalue weighted by atomic mass is 16.5. The Kier molecular flexibility index (Phi) is 4.75. The van der Waals surface area contributed by atoms with Crippen LogP contribution in [-0.2, 0) is 9.53 Å². The Morgan fingerprint density at radius 2 is 1.96 bits per heavy atom. The molecule has 0 bridgehead atoms. The maximum absolute atomic E-state index is 12.5. The van der Waals surface area contributed by atoms with Gasteiger partial charge in [-0.3, -0.25) is 4.79 Å². The van der Waals surface area contributed by atoms with Crippen molar-refractivity contribution in [3.05, 3.63) is 48.2 Å². The molecule has 1 aromatic heterocycles. The number of carbonyl (C=O) groups excluding carboxylic acids is 1. The Hall–Kier alpha value is -2.60. The van der Waals surface area contributed by atoms with Crippen LogP contribution in [0.25, 0.3) is 0 Å². The average Bonchev–Trinajstić information content (AvgIpc) is 3.50. The Morgan fingerprint density at radius 3 is 2.62 bits per heavy atom. The highest BCUT2D eigenvalue weighted by Gasteiger charge is 2.43. The normalized spacial score (nSPS) is 22.0. The van der Waals surface area contributed by atoms with E-state index in [0.717, 1.165) is 50.0 Å². The van der Waals surface area contributed by atoms with Crippen LogP contribution in [-0.4, -0.2) is 44.3 Å². The lowest BCUT2D eigenvalue weighted by Gasteiger charge is -2.27. The molecule has 2 fully saturated rings. The number of aromatic nitrogens is 1. The number of nitrogens with one attached hydrogen (secondary N) is 1. The smallest absolute Gasteiger partial charge is 0.228 e. The first-order valence-corrected chi connectivity index (χ1v) is 8.98. The fourth-order valence-corrected chi connectivity index (χ4v) is 3.38. The molecule has 2 aliphatic rings. The predicted molar refractivity (Wildman–Crippen MR) is 99.7 cm³/mol. The summed E-state index contributed by atoms with van der Waals surface area (Å²) in [5.74, 6) is 2.14. The SMILES string of the molecule is COc1ccc(C2CC2C(=O)Nc2ccc(N3CCOCC3)nc2)cc1. The van der Waals surface area contributed by atoms with Crippen LogP contribution in [0.15, 0.2) is 42.6 Å². The molecule has 1 saturated carbocycles. The van der Waals surface area contributed by atoms with Gasteiger partial charge >= 0.3 is 0 Å². The number of benzene rings is 1. The van der Waals surface area contributed by atoms with Gasteiger partial charge in [-0.2, -0.15) is 0 Å². The largest absolute Gasteiger partial charge is 0.497 e. The second kappa shape index (κ2) is 7.33. The zero-order valence-electron chi connectivity index (χ0n) is 14.9. The first-order chi connectivity index (χ1) is 12.7. The van der Waals surface area contributed by atoms with E-state index in [0.29, 0.717) is 5.92 Å². The quantitative estimate of drug-likeness (QED) is 0.895. The van der Waals surface area contributed by atoms with Crippen LogP contribution in [0.4, 0.5) is 11.5 Å². The van der Waals surface area contributed by atoms with Gasteiger partial charge in [0.15, 0.2) is 0 Å². The number of methoxy groups -OCH3 is 1. The van der Waals surface area contributed by atoms with Crippen molar-refractivity contribution < 1.29 is 14.3 Å². The van der Waals surface area contributed by atoms with E-state index in [-0.39, 0.29) is 11.8 Å². The predicted octanol–water partition coefficient (Wildman–Crippen LogP) is 2.67. The van der Waals surface area contributed by atoms with E-state index in [1.807, 2.05) is 36.4 Å². The molecular weight excluding hydrogens is 330 g/mol. The number of nitrogens with zero attached hydrogens (tertiary/aromatic N) is 2. The van der Waals surface area contributed by atoms with Gasteiger partial charge in [0.05, 0.1) is 32.2 Å². The fraction of sp³-hybridized carbons (Fsp3) is 0.400. The maximum Gasteiger partial charge on any atom is 0.228 e. The van der Waals surface area contributed by atoms with Crippen LogP contribution >= 0.6 is 0 Å². The topological polar surface area (TPSA) is 63.7 Å². The number of amides is 1. The summed E-state index contributed by atoms with van der Waals surface area (Å²) < 4.78 is 10.5. The maximum atomic E-state index is 12.5. The van der Waals surface area contributed by atoms with Crippen LogP contribution in [0.1, 0.15) is 17.9 Å². The van der Waals surface area contributed by atoms with E-state index in [1.165, 1.54) is 5.56 Å². The summed E-state index contributed by atoms with van der Waals surface area (Å²) >= 11 is 0. The van der Waals surface area contributed by atoms with Gasteiger partial charge in [-0.1, -0.05) is 12.1 Å². The van der Waals surface area contributed by atoms with Gasteiger partial charge in [0, 0.05) is 19.0 Å². The third-order valence-electron chi connectivity index (χ3n) is 5.02. The molecule has 0 spiro atoms. The lowest BCUT2D eigenvalue weighted by molar-refractivity contribution is -0.117. The molecule has 2 aromatic rings. The Labute approximate surface area is 153 Å². The molecule has 1 aliphatic heterocycles. The molecule has 1 N–H and O–H groups in total. The highest BCUT2D eigenvalue weighted by molar-refractivity contribution is 5.95. The molecule has 2 heterocycles. The number of anilines is 2. The molecule has 2 unspecified atom stereocenters. The van der Waals surface area contributed by atoms with Crippen LogP contribution < -0.4 is 15.0 Å². The van der Waals surface area contributed by atoms with Gasteiger partial charge in [0.25, 0.3) is 0 Å². The number of hydrogen-bond donors (Lipinski definition) is 1. The highest BCUT2D eigenvalue weighted by Crippen LogP contribution is 2.48. The Morgan fingerprint density at radius 1 is 1.19 bits per heavy atom. The Balaban J connectivity index is 1.33. The van der Waals surface area contributed by atoms with E-state index in [1.54, 1.807) is 13.3 Å². The minimum Gasteiger partial charge on any atom is -0.497 e. The molecule has 136 valence electrons. The molecule has 4 rings (SSSR count). The second-order valence-electron chi connectivity index (χ2n) is 6.72. The summed E-state index contributed by atoms with van der Waals surface area (Å²) in [7, 11) is 1.65. The van der Waals surface area contributed by atoms with E-state index in [4.69, 9.17) is 9.47 Å². The lowest BCUT2D eigenvalue weighted by atomic mass is 10.1. The van der Waals surface area contributed by atoms with Crippen LogP contribution in [0.3, 0.4) is 0 Å². The van der Waals surface area contributed by atoms with Gasteiger partial charge in [0.1, 0.15) is 11.6 Å². The number of morpholine rings is 1. The van der Waals surface area contributed by atoms with Crippen molar-refractivity contribution in [3.63, 3.8) is 0 Å². The summed E-state index contributed by atoms with van der Waals surface area (Å²) in [5, 5.41) is 2.99. The molecule has 1 aromatic carbocycles. The number of pyridine rings is 1. The molecular formula is C20H23N3O3. The van der Waals surface area contributed by atoms with Crippen LogP contribution in [0, 0.1) is 5.92 Å². The molecule has 6 heteroatoms.